The van der Waals surface area contributed by atoms with E-state index in [1.165, 1.54) is 20.4 Å². The van der Waals surface area contributed by atoms with Crippen LogP contribution in [0.2, 0.25) is 0 Å². The van der Waals surface area contributed by atoms with Gasteiger partial charge in [-0.05, 0) is 78.1 Å². The molecule has 6 rings (SSSR count). The molecule has 200 valence electrons. The average molecular weight is 545 g/mol. The van der Waals surface area contributed by atoms with E-state index in [0.29, 0.717) is 45.9 Å². The summed E-state index contributed by atoms with van der Waals surface area (Å²) in [6.07, 6.45) is -3.06. The lowest BCUT2D eigenvalue weighted by atomic mass is 9.86. The minimum Gasteiger partial charge on any atom is -0.246 e. The average Bonchev–Trinajstić information content (AvgIpc) is 3.51. The number of rotatable bonds is 2. The van der Waals surface area contributed by atoms with Crippen LogP contribution in [0.1, 0.15) is 64.3 Å². The quantitative estimate of drug-likeness (QED) is 0.292. The molecule has 3 aliphatic rings. The molecule has 2 nitrogen and oxygen atoms in total. The number of halogens is 5. The minimum absolute atomic E-state index is 0.0398. The largest absolute Gasteiger partial charge is 0.416 e. The summed E-state index contributed by atoms with van der Waals surface area (Å²) < 4.78 is 75.6. The van der Waals surface area contributed by atoms with Gasteiger partial charge in [-0.2, -0.15) is 13.2 Å². The molecule has 1 aromatic heterocycles. The number of hydrogen-bond acceptors (Lipinski definition) is 1. The van der Waals surface area contributed by atoms with Crippen molar-refractivity contribution in [1.82, 2.24) is 8.28 Å². The Hall–Kier alpha value is -3.00. The van der Waals surface area contributed by atoms with Crippen LogP contribution in [0.25, 0.3) is 28.0 Å². The molecule has 0 fully saturated rings. The van der Waals surface area contributed by atoms with Gasteiger partial charge in [-0.3, -0.25) is 0 Å². The summed E-state index contributed by atoms with van der Waals surface area (Å²) >= 11 is -4.51. The molecule has 38 heavy (non-hydrogen) atoms. The smallest absolute Gasteiger partial charge is 0.246 e. The molecule has 1 unspecified atom stereocenters. The van der Waals surface area contributed by atoms with Crippen molar-refractivity contribution in [3.05, 3.63) is 88.4 Å². The van der Waals surface area contributed by atoms with Crippen molar-refractivity contribution >= 4 is 16.7 Å². The summed E-state index contributed by atoms with van der Waals surface area (Å²) in [4.78, 5) is 0. The fourth-order valence-corrected chi connectivity index (χ4v) is 7.99. The number of allylic oxidation sites excluding steroid dienone is 3. The number of aromatic nitrogens is 1. The monoisotopic (exact) mass is 544 g/mol. The molecule has 2 aliphatic heterocycles. The molecule has 0 amide bonds. The van der Waals surface area contributed by atoms with Gasteiger partial charge in [-0.25, -0.2) is 8.28 Å². The van der Waals surface area contributed by atoms with E-state index in [9.17, 15) is 13.2 Å². The van der Waals surface area contributed by atoms with Crippen LogP contribution in [0.4, 0.5) is 20.9 Å². The Kier molecular flexibility index (Phi) is 5.33. The van der Waals surface area contributed by atoms with Crippen LogP contribution < -0.4 is 0 Å². The maximum absolute atomic E-state index is 16.7. The zero-order valence-corrected chi connectivity index (χ0v) is 22.7. The van der Waals surface area contributed by atoms with Crippen LogP contribution in [0.5, 0.6) is 0 Å². The maximum atomic E-state index is 16.7. The highest BCUT2D eigenvalue weighted by Crippen LogP contribution is 2.72. The van der Waals surface area contributed by atoms with Crippen molar-refractivity contribution in [2.24, 2.45) is 5.92 Å². The third kappa shape index (κ3) is 3.52. The Morgan fingerprint density at radius 3 is 2.00 bits per heavy atom. The van der Waals surface area contributed by atoms with Gasteiger partial charge in [0.1, 0.15) is 0 Å². The third-order valence-corrected chi connectivity index (χ3v) is 9.92. The predicted octanol–water partition coefficient (Wildman–Crippen LogP) is 10.1. The molecule has 0 saturated carbocycles. The van der Waals surface area contributed by atoms with E-state index in [4.69, 9.17) is 0 Å². The van der Waals surface area contributed by atoms with Gasteiger partial charge in [0, 0.05) is 22.9 Å². The molecule has 1 aliphatic carbocycles. The molecule has 1 atom stereocenters. The van der Waals surface area contributed by atoms with Gasteiger partial charge in [-0.1, -0.05) is 57.2 Å². The van der Waals surface area contributed by atoms with Crippen molar-refractivity contribution in [2.75, 3.05) is 0 Å². The summed E-state index contributed by atoms with van der Waals surface area (Å²) in [6, 6.07) is 14.2. The standard InChI is InChI=1S/C30H29F5N2S/c1-17-18(2)36-27-23(17)14-15-24(27)28-25(19-6-12-22(13-7-19)30(31,32)33)16-26(37(28)38(36,34)35)20-8-10-21(11-9-20)29(3,4)5/h6-13,16,23H,14-15H2,1-5H3. The van der Waals surface area contributed by atoms with Crippen LogP contribution in [0.15, 0.2) is 71.6 Å². The molecule has 0 spiro atoms. The van der Waals surface area contributed by atoms with E-state index in [-0.39, 0.29) is 11.3 Å². The third-order valence-electron chi connectivity index (χ3n) is 8.19. The highest BCUT2D eigenvalue weighted by molar-refractivity contribution is 8.22. The first-order chi connectivity index (χ1) is 17.7. The highest BCUT2D eigenvalue weighted by Gasteiger charge is 2.53. The van der Waals surface area contributed by atoms with Gasteiger partial charge >= 0.3 is 6.18 Å². The SMILES string of the molecule is CC1=C(C)N2C3=C(CCC13)c1c(-c3ccc(C(F)(F)F)cc3)cc(-c3ccc(C(C)(C)C)cc3)n1S2(F)F. The Labute approximate surface area is 221 Å². The number of hydrogen-bond donors (Lipinski definition) is 0. The lowest BCUT2D eigenvalue weighted by molar-refractivity contribution is -0.137. The van der Waals surface area contributed by atoms with Gasteiger partial charge in [0.15, 0.2) is 0 Å². The predicted molar refractivity (Wildman–Crippen MR) is 144 cm³/mol. The molecule has 3 heterocycles. The lowest BCUT2D eigenvalue weighted by Crippen LogP contribution is -2.28. The van der Waals surface area contributed by atoms with E-state index in [0.717, 1.165) is 35.3 Å². The number of nitrogens with zero attached hydrogens (tertiary/aromatic N) is 2. The zero-order valence-electron chi connectivity index (χ0n) is 21.9. The van der Waals surface area contributed by atoms with Gasteiger partial charge in [0.05, 0.1) is 17.0 Å². The molecule has 0 N–H and O–H groups in total. The van der Waals surface area contributed by atoms with Crippen molar-refractivity contribution in [3.63, 3.8) is 0 Å². The molecule has 3 aromatic rings. The molecule has 0 saturated heterocycles. The van der Waals surface area contributed by atoms with Crippen molar-refractivity contribution < 1.29 is 20.9 Å². The van der Waals surface area contributed by atoms with Gasteiger partial charge in [0.2, 0.25) is 11.2 Å². The second-order valence-corrected chi connectivity index (χ2v) is 13.0. The molecule has 0 radical (unpaired) electrons. The Bertz CT molecular complexity index is 1520. The van der Waals surface area contributed by atoms with E-state index in [1.54, 1.807) is 13.0 Å². The summed E-state index contributed by atoms with van der Waals surface area (Å²) in [5.41, 5.74) is 5.88. The normalized spacial score (nSPS) is 21.2. The lowest BCUT2D eigenvalue weighted by Gasteiger charge is -2.41. The fourth-order valence-electron chi connectivity index (χ4n) is 6.05. The second kappa shape index (κ2) is 8.01. The second-order valence-electron chi connectivity index (χ2n) is 11.4. The van der Waals surface area contributed by atoms with E-state index in [1.807, 2.05) is 31.2 Å². The van der Waals surface area contributed by atoms with Gasteiger partial charge in [-0.15, -0.1) is 7.77 Å². The summed E-state index contributed by atoms with van der Waals surface area (Å²) in [5, 5.41) is 0. The molecule has 2 aromatic carbocycles. The van der Waals surface area contributed by atoms with Crippen molar-refractivity contribution in [2.45, 2.75) is 59.1 Å². The number of fused-ring (bicyclic) bond motifs is 2. The first-order valence-corrected chi connectivity index (χ1v) is 14.0. The van der Waals surface area contributed by atoms with Crippen molar-refractivity contribution in [3.8, 4) is 22.4 Å². The van der Waals surface area contributed by atoms with E-state index < -0.39 is 22.9 Å². The fraction of sp³-hybridized carbons (Fsp3) is 0.333. The van der Waals surface area contributed by atoms with Crippen LogP contribution in [-0.4, -0.2) is 8.28 Å². The van der Waals surface area contributed by atoms with E-state index >= 15 is 7.77 Å². The van der Waals surface area contributed by atoms with Crippen LogP contribution >= 0.6 is 11.2 Å². The van der Waals surface area contributed by atoms with Crippen LogP contribution in [-0.2, 0) is 11.6 Å². The minimum atomic E-state index is -4.51. The topological polar surface area (TPSA) is 8.17 Å². The summed E-state index contributed by atoms with van der Waals surface area (Å²) in [6.45, 7) is 9.98. The Morgan fingerprint density at radius 1 is 0.842 bits per heavy atom. The summed E-state index contributed by atoms with van der Waals surface area (Å²) in [5.74, 6) is -0.0398. The van der Waals surface area contributed by atoms with Gasteiger partial charge < -0.3 is 0 Å². The summed E-state index contributed by atoms with van der Waals surface area (Å²) in [7, 11) is 0. The van der Waals surface area contributed by atoms with E-state index in [2.05, 4.69) is 20.8 Å². The highest BCUT2D eigenvalue weighted by atomic mass is 32.3. The van der Waals surface area contributed by atoms with Crippen molar-refractivity contribution in [1.29, 1.82) is 0 Å². The van der Waals surface area contributed by atoms with Crippen LogP contribution in [0.3, 0.4) is 0 Å². The van der Waals surface area contributed by atoms with Crippen LogP contribution in [0, 0.1) is 5.92 Å². The Balaban J connectivity index is 1.61. The molecular formula is C30H29F5N2S. The zero-order chi connectivity index (χ0) is 27.4. The van der Waals surface area contributed by atoms with Gasteiger partial charge in [0.25, 0.3) is 0 Å². The first-order valence-electron chi connectivity index (χ1n) is 12.7. The molecule has 8 heteroatoms. The number of benzene rings is 2. The molecular weight excluding hydrogens is 515 g/mol. The first kappa shape index (κ1) is 25.3. The maximum Gasteiger partial charge on any atom is 0.416 e. The molecule has 0 bridgehead atoms. The number of alkyl halides is 3. The Morgan fingerprint density at radius 2 is 1.42 bits per heavy atom.